The van der Waals surface area contributed by atoms with E-state index in [2.05, 4.69) is 37.3 Å². The van der Waals surface area contributed by atoms with Crippen molar-refractivity contribution in [1.29, 1.82) is 0 Å². The number of ether oxygens (including phenoxy) is 10. The number of nitrogens with zero attached hydrogens (tertiary/aromatic N) is 3. The van der Waals surface area contributed by atoms with Gasteiger partial charge in [0.15, 0.2) is 28.9 Å². The quantitative estimate of drug-likeness (QED) is 0.0189. The SMILES string of the molecule is COc1cccc(Br)c1.COc1cccc(C2(C)CCCC(O)C2=O)c1.COc1cccc(C2(Cl)CCCCC2=O)c1.COc1cccc(C2(N)CCCC(O)C2=O)c1.COc1cccc(C2(N)CCCCC2=O)c1.COc1cccc(C2(N=[N+]=[N-])CCCCC2=O)c1.COc1cccc(C2(NC(=O)OC(C)(C)C)CCCCC2=O)c1.COc1cccc(C2CCCCC2=O)c1.COc1cccc(C2CCCCC2O)c1. The smallest absolute Gasteiger partial charge is 0.408 e. The third-order valence-corrected chi connectivity index (χ3v) is 29.4. The van der Waals surface area contributed by atoms with Gasteiger partial charge in [-0.05, 0) is 315 Å². The van der Waals surface area contributed by atoms with Crippen LogP contribution in [0.4, 0.5) is 4.79 Å². The first kappa shape index (κ1) is 118. The Balaban J connectivity index is 0.000000184. The number of Topliss-reactive ketones (excluding diaryl/α,β-unsaturated/α-hetero) is 7. The molecule has 29 heteroatoms. The third kappa shape index (κ3) is 32.0. The Morgan fingerprint density at radius 2 is 0.781 bits per heavy atom. The molecule has 1 amide bonds. The number of aliphatic hydroxyl groups excluding tert-OH is 3. The second-order valence-corrected chi connectivity index (χ2v) is 40.6. The minimum atomic E-state index is -1.08. The number of amides is 1. The summed E-state index contributed by atoms with van der Waals surface area (Å²) in [5, 5.41) is 36.0. The molecule has 0 aromatic heterocycles. The van der Waals surface area contributed by atoms with E-state index in [0.29, 0.717) is 92.3 Å². The largest absolute Gasteiger partial charge is 0.497 e. The summed E-state index contributed by atoms with van der Waals surface area (Å²) >= 11 is 9.80. The summed E-state index contributed by atoms with van der Waals surface area (Å²) in [5.74, 6) is 7.55. The summed E-state index contributed by atoms with van der Waals surface area (Å²) in [7, 11) is 14.5. The highest BCUT2D eigenvalue weighted by Gasteiger charge is 2.48. The maximum absolute atomic E-state index is 12.7. The van der Waals surface area contributed by atoms with E-state index in [1.165, 1.54) is 12.0 Å². The fourth-order valence-corrected chi connectivity index (χ4v) is 20.5. The summed E-state index contributed by atoms with van der Waals surface area (Å²) in [6.45, 7) is 7.31. The van der Waals surface area contributed by atoms with Crippen LogP contribution in [0.3, 0.4) is 0 Å². The molecule has 0 spiro atoms. The molecule has 786 valence electrons. The van der Waals surface area contributed by atoms with E-state index in [1.807, 2.05) is 177 Å². The number of carbonyl (C=O) groups excluding carboxylic acids is 8. The van der Waals surface area contributed by atoms with Crippen LogP contribution in [0.15, 0.2) is 228 Å². The van der Waals surface area contributed by atoms with Crippen molar-refractivity contribution in [2.24, 2.45) is 16.6 Å². The number of azide groups is 1. The van der Waals surface area contributed by atoms with Gasteiger partial charge in [-0.1, -0.05) is 163 Å². The number of benzene rings is 9. The van der Waals surface area contributed by atoms with Crippen LogP contribution in [0.25, 0.3) is 10.4 Å². The van der Waals surface area contributed by atoms with Crippen LogP contribution >= 0.6 is 27.5 Å². The number of rotatable bonds is 19. The van der Waals surface area contributed by atoms with Crippen LogP contribution in [0, 0.1) is 0 Å². The van der Waals surface area contributed by atoms with Gasteiger partial charge in [-0.25, -0.2) is 4.79 Å². The van der Waals surface area contributed by atoms with Crippen LogP contribution in [0.1, 0.15) is 277 Å². The van der Waals surface area contributed by atoms with Gasteiger partial charge in [0.05, 0.1) is 75.5 Å². The molecule has 11 unspecified atom stereocenters. The van der Waals surface area contributed by atoms with Crippen LogP contribution < -0.4 is 59.4 Å². The normalized spacial score (nSPS) is 24.1. The summed E-state index contributed by atoms with van der Waals surface area (Å²) in [6.07, 6.45) is 22.0. The molecule has 0 bridgehead atoms. The Morgan fingerprint density at radius 1 is 0.397 bits per heavy atom. The Kier molecular flexibility index (Phi) is 45.7. The van der Waals surface area contributed by atoms with E-state index in [1.54, 1.807) is 127 Å². The average molecular weight is 2090 g/mol. The van der Waals surface area contributed by atoms with Crippen LogP contribution in [0.5, 0.6) is 51.7 Å². The molecule has 8 aliphatic rings. The number of hydrogen-bond donors (Lipinski definition) is 6. The molecule has 8 aliphatic carbocycles. The van der Waals surface area contributed by atoms with Crippen LogP contribution in [-0.4, -0.2) is 150 Å². The highest BCUT2D eigenvalue weighted by atomic mass is 79.9. The highest BCUT2D eigenvalue weighted by Crippen LogP contribution is 2.46. The molecular formula is C117H148BrClN6O21. The Morgan fingerprint density at radius 3 is 1.27 bits per heavy atom. The number of alkyl carbamates (subject to hydrolysis) is 1. The number of ketones is 7. The fourth-order valence-electron chi connectivity index (χ4n) is 19.8. The second-order valence-electron chi connectivity index (χ2n) is 39.1. The molecule has 11 atom stereocenters. The average Bonchev–Trinajstić information content (AvgIpc) is 0.782. The van der Waals surface area contributed by atoms with Crippen LogP contribution in [0.2, 0.25) is 0 Å². The lowest BCUT2D eigenvalue weighted by Gasteiger charge is -2.37. The predicted molar refractivity (Wildman–Crippen MR) is 570 cm³/mol. The number of hydrogen-bond acceptors (Lipinski definition) is 24. The zero-order valence-electron chi connectivity index (χ0n) is 86.8. The summed E-state index contributed by atoms with van der Waals surface area (Å²) < 4.78 is 52.8. The maximum Gasteiger partial charge on any atom is 0.408 e. The Labute approximate surface area is 873 Å². The molecule has 27 nitrogen and oxygen atoms in total. The van der Waals surface area contributed by atoms with E-state index >= 15 is 0 Å². The van der Waals surface area contributed by atoms with E-state index in [0.717, 1.165) is 201 Å². The number of carbonyl (C=O) groups is 8. The van der Waals surface area contributed by atoms with Crippen molar-refractivity contribution >= 4 is 74.1 Å². The zero-order chi connectivity index (χ0) is 106. The van der Waals surface area contributed by atoms with Gasteiger partial charge in [-0.15, -0.1) is 11.6 Å². The number of methoxy groups -OCH3 is 9. The van der Waals surface area contributed by atoms with Crippen molar-refractivity contribution in [3.8, 4) is 51.7 Å². The monoisotopic (exact) mass is 2090 g/mol. The Bertz CT molecular complexity index is 5690. The van der Waals surface area contributed by atoms with Crippen molar-refractivity contribution in [3.05, 3.63) is 278 Å². The van der Waals surface area contributed by atoms with E-state index in [9.17, 15) is 53.7 Å². The van der Waals surface area contributed by atoms with Gasteiger partial charge < -0.3 is 79.5 Å². The maximum atomic E-state index is 12.7. The zero-order valence-corrected chi connectivity index (χ0v) is 89.2. The molecule has 8 saturated carbocycles. The third-order valence-electron chi connectivity index (χ3n) is 28.2. The van der Waals surface area contributed by atoms with Crippen molar-refractivity contribution in [2.45, 2.75) is 289 Å². The molecular weight excluding hydrogens is 1940 g/mol. The molecule has 0 heterocycles. The molecule has 0 aliphatic heterocycles. The van der Waals surface area contributed by atoms with Crippen molar-refractivity contribution in [3.63, 3.8) is 0 Å². The first-order valence-corrected chi connectivity index (χ1v) is 51.7. The number of nitrogens with one attached hydrogen (secondary N) is 1. The molecule has 146 heavy (non-hydrogen) atoms. The molecule has 17 rings (SSSR count). The summed E-state index contributed by atoms with van der Waals surface area (Å²) in [6, 6.07) is 67.9. The fraction of sp³-hybridized carbons (Fsp3) is 0.470. The summed E-state index contributed by atoms with van der Waals surface area (Å²) in [5.41, 5.74) is 23.2. The Hall–Kier alpha value is -12.0. The van der Waals surface area contributed by atoms with E-state index in [4.69, 9.17) is 76.0 Å². The lowest BCUT2D eigenvalue weighted by Crippen LogP contribution is -2.54. The van der Waals surface area contributed by atoms with Crippen molar-refractivity contribution in [2.75, 3.05) is 64.0 Å². The molecule has 0 radical (unpaired) electrons. The molecule has 9 aromatic rings. The van der Waals surface area contributed by atoms with Gasteiger partial charge in [0, 0.05) is 53.3 Å². The van der Waals surface area contributed by atoms with Crippen molar-refractivity contribution < 1.29 is 101 Å². The van der Waals surface area contributed by atoms with Gasteiger partial charge in [-0.2, -0.15) is 0 Å². The molecule has 8 fully saturated rings. The van der Waals surface area contributed by atoms with Gasteiger partial charge in [0.1, 0.15) is 108 Å². The molecule has 8 N–H and O–H groups in total. The van der Waals surface area contributed by atoms with E-state index in [-0.39, 0.29) is 46.7 Å². The van der Waals surface area contributed by atoms with Gasteiger partial charge in [-0.3, -0.25) is 33.6 Å². The molecule has 9 aromatic carbocycles. The van der Waals surface area contributed by atoms with Crippen molar-refractivity contribution in [1.82, 2.24) is 5.32 Å². The first-order valence-electron chi connectivity index (χ1n) is 50.5. The van der Waals surface area contributed by atoms with Gasteiger partial charge in [0.2, 0.25) is 0 Å². The predicted octanol–water partition coefficient (Wildman–Crippen LogP) is 23.3. The van der Waals surface area contributed by atoms with Gasteiger partial charge >= 0.3 is 6.09 Å². The lowest BCUT2D eigenvalue weighted by atomic mass is 9.69. The van der Waals surface area contributed by atoms with Crippen LogP contribution in [-0.2, 0) is 70.7 Å². The van der Waals surface area contributed by atoms with E-state index < -0.39 is 56.3 Å². The summed E-state index contributed by atoms with van der Waals surface area (Å²) in [4.78, 5) is 99.1. The topological polar surface area (TPSA) is 402 Å². The minimum absolute atomic E-state index is 0.000182. The second kappa shape index (κ2) is 56.8. The number of aliphatic hydroxyl groups is 3. The number of alkyl halides is 1. The number of nitrogens with two attached hydrogens (primary N) is 2. The highest BCUT2D eigenvalue weighted by molar-refractivity contribution is 9.10. The lowest BCUT2D eigenvalue weighted by molar-refractivity contribution is -0.136. The minimum Gasteiger partial charge on any atom is -0.497 e. The molecule has 0 saturated heterocycles. The van der Waals surface area contributed by atoms with Gasteiger partial charge in [0.25, 0.3) is 0 Å². The standard InChI is InChI=1S/C18H25NO4.C14H18O3.C13H15ClO2.C13H15N3O2.C13H17NO3.C13H17NO2.C13H18O2.C13H16O2.C7H7BrO/c1-17(2,3)23-16(21)19-18(11-6-5-10-15(18)20)13-8-7-9-14(12-13)22-4;1-14(8-4-7-12(15)13(14)16)10-5-3-6-11(9-10)17-2;1-16-11-6-4-5-10(9-11)13(14)8-3-2-7-12(13)15;1-18-11-6-4-5-10(9-11)13(15-16-14)8-3-2-7-12(13)17;1-17-10-5-2-4-9(8-10)13(14)7-3-6-11(15)12(13)16;1-16-11-6-4-5-10(9-11)13(14)8-3-2-7-12(13)15;2*1-15-11-6-4-5-10(9-11)12-7-2-3-8-13(12)14;1-9-7-4-2-3-6(8)5-7/h7-9,12H,5-6,10-11H2,1-4H3,(H,19,21);3,5-6,9,12,15H,4,7-8H2,1-2H3;4-6,9H,2-3,7-8H2,1H3;4-6,9H,2-3,7-8H2,1H3;2,4-5,8,11,15H,3,6-7,14H2,1H3;4-6,9H,2-3,7-8,14H2,1H3;4-6,9,12-14H,2-3,7-8H2,1H3;4-6,9,12H,2-3,7-8H2,1H3;2-5H,1H3. The first-order chi connectivity index (χ1) is 69.9. The number of halogens is 2.